The minimum Gasteiger partial charge on any atom is -0.465 e. The Morgan fingerprint density at radius 3 is 2.88 bits per heavy atom. The predicted octanol–water partition coefficient (Wildman–Crippen LogP) is 3.56. The Morgan fingerprint density at radius 1 is 1.44 bits per heavy atom. The van der Waals surface area contributed by atoms with E-state index in [0.29, 0.717) is 12.5 Å². The van der Waals surface area contributed by atoms with Gasteiger partial charge in [-0.1, -0.05) is 39.5 Å². The molecular weight excluding hydrogens is 200 g/mol. The highest BCUT2D eigenvalue weighted by Crippen LogP contribution is 2.32. The zero-order valence-corrected chi connectivity index (χ0v) is 10.4. The molecule has 0 heterocycles. The molecule has 2 atom stereocenters. The van der Waals surface area contributed by atoms with Gasteiger partial charge in [0.1, 0.15) is 0 Å². The number of carbonyl (C=O) groups excluding carboxylic acids is 1. The number of hydrogen-bond donors (Lipinski definition) is 0. The Hall–Kier alpha value is -0.530. The summed E-state index contributed by atoms with van der Waals surface area (Å²) in [6.07, 6.45) is 9.62. The lowest BCUT2D eigenvalue weighted by atomic mass is 10.0. The summed E-state index contributed by atoms with van der Waals surface area (Å²) >= 11 is 0. The van der Waals surface area contributed by atoms with E-state index in [1.807, 2.05) is 0 Å². The van der Waals surface area contributed by atoms with Gasteiger partial charge in [-0.3, -0.25) is 4.79 Å². The molecule has 0 aromatic heterocycles. The highest BCUT2D eigenvalue weighted by molar-refractivity contribution is 5.74. The Labute approximate surface area is 99.8 Å². The molecule has 2 unspecified atom stereocenters. The van der Waals surface area contributed by atoms with Crippen LogP contribution in [0.4, 0.5) is 0 Å². The van der Waals surface area contributed by atoms with Crippen LogP contribution in [-0.2, 0) is 9.53 Å². The molecule has 16 heavy (non-hydrogen) atoms. The van der Waals surface area contributed by atoms with Gasteiger partial charge in [-0.25, -0.2) is 0 Å². The third-order valence-electron chi connectivity index (χ3n) is 3.29. The molecule has 0 aromatic rings. The fourth-order valence-corrected chi connectivity index (χ4v) is 2.15. The molecule has 0 saturated heterocycles. The second kappa shape index (κ2) is 7.70. The number of hydrogen-bond acceptors (Lipinski definition) is 2. The lowest BCUT2D eigenvalue weighted by Crippen LogP contribution is -2.16. The molecule has 1 aliphatic carbocycles. The number of ether oxygens (including phenoxy) is 1. The lowest BCUT2D eigenvalue weighted by Gasteiger charge is -2.10. The standard InChI is InChI=1S/C14H24O2/c1-3-5-6-7-10-16-14(15)13-9-8-12(4-2)11-13/h9,12-13H,2-8,10-11H2,1H3. The van der Waals surface area contributed by atoms with Crippen LogP contribution in [0, 0.1) is 25.2 Å². The summed E-state index contributed by atoms with van der Waals surface area (Å²) < 4.78 is 5.27. The van der Waals surface area contributed by atoms with Gasteiger partial charge in [0.25, 0.3) is 0 Å². The van der Waals surface area contributed by atoms with Crippen molar-refractivity contribution in [3.05, 3.63) is 13.3 Å². The van der Waals surface area contributed by atoms with Crippen molar-refractivity contribution in [3.63, 3.8) is 0 Å². The second-order valence-corrected chi connectivity index (χ2v) is 4.70. The van der Waals surface area contributed by atoms with Crippen molar-refractivity contribution in [3.8, 4) is 0 Å². The van der Waals surface area contributed by atoms with Crippen molar-refractivity contribution >= 4 is 5.97 Å². The van der Waals surface area contributed by atoms with Crippen molar-refractivity contribution < 1.29 is 9.53 Å². The molecular formula is C14H24O2. The van der Waals surface area contributed by atoms with Crippen LogP contribution in [0.1, 0.15) is 51.9 Å². The number of rotatable bonds is 7. The molecule has 2 nitrogen and oxygen atoms in total. The third kappa shape index (κ3) is 4.54. The largest absolute Gasteiger partial charge is 0.465 e. The van der Waals surface area contributed by atoms with Gasteiger partial charge in [0, 0.05) is 0 Å². The molecule has 1 rings (SSSR count). The van der Waals surface area contributed by atoms with Crippen LogP contribution < -0.4 is 0 Å². The van der Waals surface area contributed by atoms with E-state index in [-0.39, 0.29) is 11.9 Å². The topological polar surface area (TPSA) is 26.3 Å². The summed E-state index contributed by atoms with van der Waals surface area (Å²) in [5.41, 5.74) is 0. The summed E-state index contributed by atoms with van der Waals surface area (Å²) in [5.74, 6) is 0.614. The predicted molar refractivity (Wildman–Crippen MR) is 65.6 cm³/mol. The molecule has 2 radical (unpaired) electrons. The van der Waals surface area contributed by atoms with Gasteiger partial charge < -0.3 is 4.74 Å². The van der Waals surface area contributed by atoms with E-state index in [0.717, 1.165) is 25.7 Å². The zero-order valence-electron chi connectivity index (χ0n) is 10.4. The summed E-state index contributed by atoms with van der Waals surface area (Å²) in [6.45, 7) is 6.66. The molecule has 0 aliphatic heterocycles. The molecule has 0 aromatic carbocycles. The molecule has 0 N–H and O–H groups in total. The minimum atomic E-state index is -0.0209. The molecule has 0 amide bonds. The van der Waals surface area contributed by atoms with Crippen molar-refractivity contribution in [2.24, 2.45) is 11.8 Å². The quantitative estimate of drug-likeness (QED) is 0.488. The highest BCUT2D eigenvalue weighted by atomic mass is 16.5. The fourth-order valence-electron chi connectivity index (χ4n) is 2.15. The molecule has 0 spiro atoms. The van der Waals surface area contributed by atoms with Gasteiger partial charge >= 0.3 is 5.97 Å². The zero-order chi connectivity index (χ0) is 11.8. The molecule has 1 aliphatic rings. The minimum absolute atomic E-state index is 0.0209. The van der Waals surface area contributed by atoms with Crippen molar-refractivity contribution in [2.45, 2.75) is 51.9 Å². The first kappa shape index (κ1) is 13.5. The van der Waals surface area contributed by atoms with E-state index in [1.165, 1.54) is 19.3 Å². The molecule has 0 bridgehead atoms. The normalized spacial score (nSPS) is 24.6. The van der Waals surface area contributed by atoms with Crippen molar-refractivity contribution in [1.82, 2.24) is 0 Å². The van der Waals surface area contributed by atoms with E-state index >= 15 is 0 Å². The maximum Gasteiger partial charge on any atom is 0.309 e. The van der Waals surface area contributed by atoms with E-state index in [1.54, 1.807) is 0 Å². The van der Waals surface area contributed by atoms with Crippen LogP contribution in [-0.4, -0.2) is 12.6 Å². The van der Waals surface area contributed by atoms with Gasteiger partial charge in [-0.15, -0.1) is 0 Å². The lowest BCUT2D eigenvalue weighted by molar-refractivity contribution is -0.147. The summed E-state index contributed by atoms with van der Waals surface area (Å²) in [5, 5.41) is 0. The Balaban J connectivity index is 2.06. The van der Waals surface area contributed by atoms with E-state index in [4.69, 9.17) is 4.74 Å². The number of esters is 1. The van der Waals surface area contributed by atoms with Gasteiger partial charge in [0.2, 0.25) is 0 Å². The van der Waals surface area contributed by atoms with Crippen LogP contribution in [0.15, 0.2) is 0 Å². The highest BCUT2D eigenvalue weighted by Gasteiger charge is 2.30. The molecule has 1 saturated carbocycles. The van der Waals surface area contributed by atoms with Crippen LogP contribution in [0.3, 0.4) is 0 Å². The average Bonchev–Trinajstić information content (AvgIpc) is 2.77. The maximum absolute atomic E-state index is 11.7. The fraction of sp³-hybridized carbons (Fsp3) is 0.786. The summed E-state index contributed by atoms with van der Waals surface area (Å²) in [4.78, 5) is 11.7. The van der Waals surface area contributed by atoms with E-state index in [2.05, 4.69) is 20.3 Å². The van der Waals surface area contributed by atoms with Crippen LogP contribution in [0.2, 0.25) is 0 Å². The van der Waals surface area contributed by atoms with Crippen LogP contribution in [0.25, 0.3) is 0 Å². The van der Waals surface area contributed by atoms with E-state index in [9.17, 15) is 4.79 Å². The van der Waals surface area contributed by atoms with Gasteiger partial charge in [-0.05, 0) is 31.6 Å². The van der Waals surface area contributed by atoms with Crippen molar-refractivity contribution in [2.75, 3.05) is 6.61 Å². The monoisotopic (exact) mass is 224 g/mol. The smallest absolute Gasteiger partial charge is 0.309 e. The van der Waals surface area contributed by atoms with Crippen LogP contribution in [0.5, 0.6) is 0 Å². The maximum atomic E-state index is 11.7. The molecule has 2 heteroatoms. The SMILES string of the molecule is [CH2]CC1C[CH]C(C(=O)OCCCCCC)C1. The first-order valence-electron chi connectivity index (χ1n) is 6.57. The second-order valence-electron chi connectivity index (χ2n) is 4.70. The number of carbonyl (C=O) groups is 1. The summed E-state index contributed by atoms with van der Waals surface area (Å²) in [7, 11) is 0. The third-order valence-corrected chi connectivity index (χ3v) is 3.29. The number of unbranched alkanes of at least 4 members (excludes halogenated alkanes) is 3. The average molecular weight is 224 g/mol. The van der Waals surface area contributed by atoms with Crippen LogP contribution >= 0.6 is 0 Å². The first-order valence-corrected chi connectivity index (χ1v) is 6.57. The molecule has 92 valence electrons. The van der Waals surface area contributed by atoms with Gasteiger partial charge in [0.05, 0.1) is 12.5 Å². The summed E-state index contributed by atoms with van der Waals surface area (Å²) in [6, 6.07) is 0. The Bertz CT molecular complexity index is 201. The van der Waals surface area contributed by atoms with Gasteiger partial charge in [-0.2, -0.15) is 0 Å². The Morgan fingerprint density at radius 2 is 2.25 bits per heavy atom. The van der Waals surface area contributed by atoms with E-state index < -0.39 is 0 Å². The molecule has 1 fully saturated rings. The first-order chi connectivity index (χ1) is 7.77. The Kier molecular flexibility index (Phi) is 6.51. The van der Waals surface area contributed by atoms with Crippen molar-refractivity contribution in [1.29, 1.82) is 0 Å². The van der Waals surface area contributed by atoms with Gasteiger partial charge in [0.15, 0.2) is 0 Å².